The second kappa shape index (κ2) is 13.8. The molecule has 0 radical (unpaired) electrons. The molecule has 12 nitrogen and oxygen atoms in total. The number of hydrogen-bond acceptors (Lipinski definition) is 10. The molecule has 232 valence electrons. The van der Waals surface area contributed by atoms with Crippen LogP contribution in [0.3, 0.4) is 0 Å². The minimum absolute atomic E-state index is 0.162. The molecule has 0 unspecified atom stereocenters. The number of nitrogens with two attached hydrogens (primary N) is 1. The molecule has 0 aliphatic heterocycles. The van der Waals surface area contributed by atoms with Gasteiger partial charge in [-0.2, -0.15) is 0 Å². The molecule has 3 heterocycles. The van der Waals surface area contributed by atoms with Crippen molar-refractivity contribution in [2.24, 2.45) is 10.7 Å². The standard InChI is InChI=1S/C33H35N7O5/c1-6-35-29(30(21(3)34)44-18-22-10-8-7-9-11-22)33-38-25(19-45-33)28-26-16-36-20(2)17-40(26)31(39-28)32(41)37-15-23-12-13-24(42-4)14-27(23)43-5/h7-14,16-17,19H,6,15,18,34H2,1-5H3,(H,37,41)/b30-21+,35-29?. The fourth-order valence-corrected chi connectivity index (χ4v) is 4.67. The van der Waals surface area contributed by atoms with Crippen molar-refractivity contribution in [3.8, 4) is 22.9 Å². The Morgan fingerprint density at radius 2 is 1.91 bits per heavy atom. The topological polar surface area (TPSA) is 151 Å². The Hall–Kier alpha value is -5.65. The minimum atomic E-state index is -0.394. The number of aryl methyl sites for hydroxylation is 1. The van der Waals surface area contributed by atoms with Gasteiger partial charge in [0.2, 0.25) is 11.7 Å². The Morgan fingerprint density at radius 1 is 1.11 bits per heavy atom. The number of methoxy groups -OCH3 is 2. The molecule has 0 fully saturated rings. The molecule has 12 heteroatoms. The fourth-order valence-electron chi connectivity index (χ4n) is 4.67. The average molecular weight is 610 g/mol. The van der Waals surface area contributed by atoms with Crippen molar-refractivity contribution < 1.29 is 23.4 Å². The number of allylic oxidation sites excluding steroid dienone is 2. The summed E-state index contributed by atoms with van der Waals surface area (Å²) in [4.78, 5) is 31.9. The highest BCUT2D eigenvalue weighted by atomic mass is 16.5. The lowest BCUT2D eigenvalue weighted by Gasteiger charge is -2.13. The van der Waals surface area contributed by atoms with Crippen LogP contribution in [0.25, 0.3) is 16.9 Å². The van der Waals surface area contributed by atoms with Gasteiger partial charge in [0.05, 0.1) is 37.3 Å². The van der Waals surface area contributed by atoms with Crippen LogP contribution in [0.15, 0.2) is 88.1 Å². The highest BCUT2D eigenvalue weighted by molar-refractivity contribution is 6.09. The minimum Gasteiger partial charge on any atom is -0.497 e. The predicted molar refractivity (Wildman–Crippen MR) is 169 cm³/mol. The van der Waals surface area contributed by atoms with Gasteiger partial charge in [-0.25, -0.2) is 9.97 Å². The number of carbonyl (C=O) groups excluding carboxylic acids is 1. The van der Waals surface area contributed by atoms with Gasteiger partial charge in [0.1, 0.15) is 35.8 Å². The zero-order chi connectivity index (χ0) is 31.9. The Kier molecular flexibility index (Phi) is 9.42. The summed E-state index contributed by atoms with van der Waals surface area (Å²) in [5.41, 5.74) is 10.9. The van der Waals surface area contributed by atoms with E-state index < -0.39 is 5.91 Å². The highest BCUT2D eigenvalue weighted by Crippen LogP contribution is 2.27. The Balaban J connectivity index is 1.45. The maximum atomic E-state index is 13.5. The molecular formula is C33H35N7O5. The Morgan fingerprint density at radius 3 is 2.62 bits per heavy atom. The molecule has 0 aliphatic rings. The number of nitrogens with one attached hydrogen (secondary N) is 1. The van der Waals surface area contributed by atoms with Gasteiger partial charge in [0.15, 0.2) is 11.5 Å². The van der Waals surface area contributed by atoms with E-state index in [0.29, 0.717) is 64.4 Å². The molecule has 3 N–H and O–H groups in total. The number of aromatic nitrogens is 4. The zero-order valence-corrected chi connectivity index (χ0v) is 25.8. The molecular weight excluding hydrogens is 574 g/mol. The number of amides is 1. The number of benzene rings is 2. The monoisotopic (exact) mass is 609 g/mol. The van der Waals surface area contributed by atoms with Crippen LogP contribution in [0.4, 0.5) is 0 Å². The molecule has 0 saturated heterocycles. The molecule has 1 amide bonds. The number of carbonyl (C=O) groups is 1. The van der Waals surface area contributed by atoms with E-state index in [-0.39, 0.29) is 18.3 Å². The van der Waals surface area contributed by atoms with Gasteiger partial charge in [0, 0.05) is 30.9 Å². The average Bonchev–Trinajstić information content (AvgIpc) is 3.68. The van der Waals surface area contributed by atoms with E-state index in [4.69, 9.17) is 29.3 Å². The molecule has 5 aromatic rings. The molecule has 0 spiro atoms. The first-order chi connectivity index (χ1) is 21.8. The second-order valence-electron chi connectivity index (χ2n) is 10.1. The van der Waals surface area contributed by atoms with Gasteiger partial charge in [-0.15, -0.1) is 0 Å². The summed E-state index contributed by atoms with van der Waals surface area (Å²) in [6, 6.07) is 15.1. The molecule has 0 atom stereocenters. The van der Waals surface area contributed by atoms with Crippen molar-refractivity contribution in [1.82, 2.24) is 24.7 Å². The normalized spacial score (nSPS) is 12.2. The van der Waals surface area contributed by atoms with Crippen LogP contribution in [0.1, 0.15) is 47.2 Å². The quantitative estimate of drug-likeness (QED) is 0.149. The molecule has 0 bridgehead atoms. The SMILES string of the molecule is CCN=C(/C(OCc1ccccc1)=C(/C)N)c1nc(-c2nc(C(=O)NCc3ccc(OC)cc3OC)n3cc(C)ncc23)co1. The number of rotatable bonds is 12. The van der Waals surface area contributed by atoms with Crippen LogP contribution in [-0.4, -0.2) is 51.7 Å². The molecule has 2 aromatic carbocycles. The van der Waals surface area contributed by atoms with Gasteiger partial charge in [-0.05, 0) is 38.5 Å². The van der Waals surface area contributed by atoms with E-state index >= 15 is 0 Å². The van der Waals surface area contributed by atoms with E-state index in [1.54, 1.807) is 50.1 Å². The lowest BCUT2D eigenvalue weighted by molar-refractivity contribution is 0.0939. The molecule has 0 aliphatic carbocycles. The van der Waals surface area contributed by atoms with Gasteiger partial charge >= 0.3 is 0 Å². The number of hydrogen-bond donors (Lipinski definition) is 2. The van der Waals surface area contributed by atoms with Gasteiger partial charge in [0.25, 0.3) is 5.91 Å². The fraction of sp³-hybridized carbons (Fsp3) is 0.242. The number of fused-ring (bicyclic) bond motifs is 1. The smallest absolute Gasteiger partial charge is 0.287 e. The summed E-state index contributed by atoms with van der Waals surface area (Å²) in [6.45, 7) is 6.41. The zero-order valence-electron chi connectivity index (χ0n) is 25.8. The van der Waals surface area contributed by atoms with E-state index in [1.165, 1.54) is 6.26 Å². The molecule has 5 rings (SSSR count). The van der Waals surface area contributed by atoms with E-state index in [2.05, 4.69) is 20.3 Å². The summed E-state index contributed by atoms with van der Waals surface area (Å²) in [5, 5.41) is 2.94. The summed E-state index contributed by atoms with van der Waals surface area (Å²) in [5.74, 6) is 1.59. The van der Waals surface area contributed by atoms with Gasteiger partial charge in [-0.3, -0.25) is 19.2 Å². The highest BCUT2D eigenvalue weighted by Gasteiger charge is 2.24. The Labute approximate surface area is 260 Å². The van der Waals surface area contributed by atoms with Crippen LogP contribution < -0.4 is 20.5 Å². The first-order valence-corrected chi connectivity index (χ1v) is 14.3. The molecule has 45 heavy (non-hydrogen) atoms. The van der Waals surface area contributed by atoms with E-state index in [9.17, 15) is 4.79 Å². The maximum Gasteiger partial charge on any atom is 0.287 e. The number of aliphatic imine (C=N–C) groups is 1. The third-order valence-corrected chi connectivity index (χ3v) is 6.86. The van der Waals surface area contributed by atoms with Crippen LogP contribution in [-0.2, 0) is 17.9 Å². The van der Waals surface area contributed by atoms with Crippen molar-refractivity contribution in [2.45, 2.75) is 33.9 Å². The number of ether oxygens (including phenoxy) is 3. The van der Waals surface area contributed by atoms with E-state index in [0.717, 1.165) is 11.1 Å². The van der Waals surface area contributed by atoms with Crippen LogP contribution in [0.5, 0.6) is 11.5 Å². The van der Waals surface area contributed by atoms with Crippen LogP contribution in [0.2, 0.25) is 0 Å². The van der Waals surface area contributed by atoms with Crippen LogP contribution >= 0.6 is 0 Å². The van der Waals surface area contributed by atoms with Crippen molar-refractivity contribution in [3.05, 3.63) is 107 Å². The lowest BCUT2D eigenvalue weighted by atomic mass is 10.2. The first kappa shape index (κ1) is 30.8. The summed E-state index contributed by atoms with van der Waals surface area (Å²) in [7, 11) is 3.15. The predicted octanol–water partition coefficient (Wildman–Crippen LogP) is 4.86. The summed E-state index contributed by atoms with van der Waals surface area (Å²) in [6.07, 6.45) is 4.86. The van der Waals surface area contributed by atoms with Crippen molar-refractivity contribution in [2.75, 3.05) is 20.8 Å². The number of nitrogens with zero attached hydrogens (tertiary/aromatic N) is 5. The largest absolute Gasteiger partial charge is 0.497 e. The van der Waals surface area contributed by atoms with Gasteiger partial charge < -0.3 is 29.7 Å². The third kappa shape index (κ3) is 6.80. The van der Waals surface area contributed by atoms with Crippen LogP contribution in [0, 0.1) is 6.92 Å². The van der Waals surface area contributed by atoms with Crippen molar-refractivity contribution in [1.29, 1.82) is 0 Å². The molecule has 0 saturated carbocycles. The van der Waals surface area contributed by atoms with Gasteiger partial charge in [-0.1, -0.05) is 30.3 Å². The van der Waals surface area contributed by atoms with E-state index in [1.807, 2.05) is 50.2 Å². The van der Waals surface area contributed by atoms with Crippen molar-refractivity contribution >= 4 is 17.1 Å². The Bertz CT molecular complexity index is 1870. The number of imidazole rings is 1. The summed E-state index contributed by atoms with van der Waals surface area (Å²) >= 11 is 0. The number of oxazole rings is 1. The first-order valence-electron chi connectivity index (χ1n) is 14.3. The second-order valence-corrected chi connectivity index (χ2v) is 10.1. The lowest BCUT2D eigenvalue weighted by Crippen LogP contribution is -2.25. The maximum absolute atomic E-state index is 13.5. The van der Waals surface area contributed by atoms with Crippen molar-refractivity contribution in [3.63, 3.8) is 0 Å². The third-order valence-electron chi connectivity index (χ3n) is 6.86. The molecule has 3 aromatic heterocycles. The summed E-state index contributed by atoms with van der Waals surface area (Å²) < 4.78 is 24.4.